The summed E-state index contributed by atoms with van der Waals surface area (Å²) in [5.74, 6) is 1.75. The van der Waals surface area contributed by atoms with Crippen LogP contribution in [0.25, 0.3) is 0 Å². The van der Waals surface area contributed by atoms with E-state index in [2.05, 4.69) is 38.3 Å². The summed E-state index contributed by atoms with van der Waals surface area (Å²) in [5, 5.41) is 5.95. The maximum atomic E-state index is 12.4. The van der Waals surface area contributed by atoms with Crippen LogP contribution in [-0.4, -0.2) is 41.5 Å². The Morgan fingerprint density at radius 2 is 2.05 bits per heavy atom. The fourth-order valence-corrected chi connectivity index (χ4v) is 3.58. The highest BCUT2D eigenvalue weighted by Crippen LogP contribution is 2.35. The largest absolute Gasteiger partial charge is 0.349 e. The topological polar surface area (TPSA) is 61.4 Å². The van der Waals surface area contributed by atoms with Crippen molar-refractivity contribution in [3.63, 3.8) is 0 Å². The minimum Gasteiger partial charge on any atom is -0.349 e. The summed E-state index contributed by atoms with van der Waals surface area (Å²) in [4.78, 5) is 25.7. The van der Waals surface area contributed by atoms with Gasteiger partial charge in [0.1, 0.15) is 0 Å². The van der Waals surface area contributed by atoms with E-state index in [0.29, 0.717) is 36.8 Å². The summed E-state index contributed by atoms with van der Waals surface area (Å²) in [6.45, 7) is 12.1. The second-order valence-electron chi connectivity index (χ2n) is 7.56. The molecule has 120 valence electrons. The highest BCUT2D eigenvalue weighted by atomic mass is 16.2. The molecule has 0 aliphatic carbocycles. The third-order valence-electron chi connectivity index (χ3n) is 4.98. The zero-order valence-corrected chi connectivity index (χ0v) is 13.9. The average molecular weight is 295 g/mol. The molecule has 0 radical (unpaired) electrons. The van der Waals surface area contributed by atoms with Crippen LogP contribution in [0.3, 0.4) is 0 Å². The molecule has 0 bridgehead atoms. The molecule has 3 amide bonds. The third-order valence-corrected chi connectivity index (χ3v) is 4.98. The van der Waals surface area contributed by atoms with E-state index >= 15 is 0 Å². The molecule has 2 aliphatic rings. The summed E-state index contributed by atoms with van der Waals surface area (Å²) >= 11 is 0. The first-order chi connectivity index (χ1) is 9.73. The van der Waals surface area contributed by atoms with Gasteiger partial charge in [-0.15, -0.1) is 0 Å². The van der Waals surface area contributed by atoms with Gasteiger partial charge in [-0.1, -0.05) is 27.7 Å². The Labute approximate surface area is 127 Å². The van der Waals surface area contributed by atoms with Crippen LogP contribution in [0.4, 0.5) is 4.79 Å². The van der Waals surface area contributed by atoms with Crippen LogP contribution in [0.15, 0.2) is 0 Å². The highest BCUT2D eigenvalue weighted by molar-refractivity contribution is 5.80. The van der Waals surface area contributed by atoms with Crippen LogP contribution in [0, 0.1) is 17.8 Å². The quantitative estimate of drug-likeness (QED) is 0.833. The molecular weight excluding hydrogens is 266 g/mol. The Morgan fingerprint density at radius 1 is 1.38 bits per heavy atom. The molecule has 0 saturated carbocycles. The van der Waals surface area contributed by atoms with Gasteiger partial charge in [-0.3, -0.25) is 4.79 Å². The lowest BCUT2D eigenvalue weighted by atomic mass is 9.75. The number of hydrogen-bond donors (Lipinski definition) is 2. The van der Waals surface area contributed by atoms with Gasteiger partial charge in [0.25, 0.3) is 0 Å². The Hall–Kier alpha value is -1.26. The molecule has 0 aromatic heterocycles. The lowest BCUT2D eigenvalue weighted by molar-refractivity contribution is -0.119. The van der Waals surface area contributed by atoms with Gasteiger partial charge in [0.2, 0.25) is 5.91 Å². The van der Waals surface area contributed by atoms with Crippen molar-refractivity contribution in [1.29, 1.82) is 0 Å². The number of nitrogens with zero attached hydrogens (tertiary/aromatic N) is 1. The molecule has 2 saturated heterocycles. The maximum absolute atomic E-state index is 12.4. The van der Waals surface area contributed by atoms with Crippen molar-refractivity contribution in [3.8, 4) is 0 Å². The molecule has 2 heterocycles. The lowest BCUT2D eigenvalue weighted by Crippen LogP contribution is -2.65. The first-order valence-corrected chi connectivity index (χ1v) is 8.09. The van der Waals surface area contributed by atoms with Crippen molar-refractivity contribution in [2.24, 2.45) is 17.8 Å². The normalized spacial score (nSPS) is 32.3. The van der Waals surface area contributed by atoms with Crippen molar-refractivity contribution in [3.05, 3.63) is 0 Å². The Morgan fingerprint density at radius 3 is 2.52 bits per heavy atom. The number of urea groups is 1. The Bertz CT molecular complexity index is 422. The zero-order chi connectivity index (χ0) is 15.8. The van der Waals surface area contributed by atoms with Gasteiger partial charge >= 0.3 is 6.03 Å². The van der Waals surface area contributed by atoms with Crippen molar-refractivity contribution >= 4 is 11.9 Å². The van der Waals surface area contributed by atoms with Crippen LogP contribution in [0.1, 0.15) is 47.5 Å². The third kappa shape index (κ3) is 3.33. The molecule has 0 aromatic carbocycles. The van der Waals surface area contributed by atoms with Gasteiger partial charge < -0.3 is 15.5 Å². The predicted molar refractivity (Wildman–Crippen MR) is 82.8 cm³/mol. The Kier molecular flexibility index (Phi) is 4.49. The van der Waals surface area contributed by atoms with Crippen molar-refractivity contribution < 1.29 is 9.59 Å². The van der Waals surface area contributed by atoms with Gasteiger partial charge in [-0.25, -0.2) is 4.79 Å². The molecule has 0 spiro atoms. The summed E-state index contributed by atoms with van der Waals surface area (Å²) < 4.78 is 0. The van der Waals surface area contributed by atoms with E-state index < -0.39 is 0 Å². The molecule has 3 unspecified atom stereocenters. The van der Waals surface area contributed by atoms with E-state index in [1.54, 1.807) is 0 Å². The fourth-order valence-electron chi connectivity index (χ4n) is 3.58. The fraction of sp³-hybridized carbons (Fsp3) is 0.875. The maximum Gasteiger partial charge on any atom is 0.317 e. The molecule has 2 aliphatic heterocycles. The van der Waals surface area contributed by atoms with Gasteiger partial charge in [-0.05, 0) is 31.1 Å². The number of carbonyl (C=O) groups is 2. The minimum atomic E-state index is -0.289. The SMILES string of the molecule is CC(C)C1CN(C(=O)NCC2(C)CCC(=O)N2)C1C(C)C. The minimum absolute atomic E-state index is 0.00738. The van der Waals surface area contributed by atoms with Crippen LogP contribution in [0.2, 0.25) is 0 Å². The molecule has 21 heavy (non-hydrogen) atoms. The summed E-state index contributed by atoms with van der Waals surface area (Å²) in [7, 11) is 0. The predicted octanol–water partition coefficient (Wildman–Crippen LogP) is 1.98. The van der Waals surface area contributed by atoms with E-state index in [0.717, 1.165) is 13.0 Å². The van der Waals surface area contributed by atoms with E-state index in [-0.39, 0.29) is 17.5 Å². The molecule has 5 nitrogen and oxygen atoms in total. The van der Waals surface area contributed by atoms with Gasteiger partial charge in [-0.2, -0.15) is 0 Å². The second kappa shape index (κ2) is 5.85. The van der Waals surface area contributed by atoms with Gasteiger partial charge in [0, 0.05) is 25.6 Å². The van der Waals surface area contributed by atoms with E-state index in [1.165, 1.54) is 0 Å². The summed E-state index contributed by atoms with van der Waals surface area (Å²) in [6, 6.07) is 0.337. The van der Waals surface area contributed by atoms with Crippen LogP contribution in [-0.2, 0) is 4.79 Å². The number of carbonyl (C=O) groups excluding carboxylic acids is 2. The highest BCUT2D eigenvalue weighted by Gasteiger charge is 2.45. The summed E-state index contributed by atoms with van der Waals surface area (Å²) in [6.07, 6.45) is 1.34. The first-order valence-electron chi connectivity index (χ1n) is 8.09. The van der Waals surface area contributed by atoms with Gasteiger partial charge in [0.05, 0.1) is 5.54 Å². The molecule has 2 N–H and O–H groups in total. The molecule has 0 aromatic rings. The molecule has 3 atom stereocenters. The second-order valence-corrected chi connectivity index (χ2v) is 7.56. The number of amides is 3. The standard InChI is InChI=1S/C16H29N3O2/c1-10(2)12-8-19(14(12)11(3)4)15(21)17-9-16(5)7-6-13(20)18-16/h10-12,14H,6-9H2,1-5H3,(H,17,21)(H,18,20). The van der Waals surface area contributed by atoms with E-state index in [4.69, 9.17) is 0 Å². The van der Waals surface area contributed by atoms with Crippen molar-refractivity contribution in [2.75, 3.05) is 13.1 Å². The smallest absolute Gasteiger partial charge is 0.317 e. The van der Waals surface area contributed by atoms with E-state index in [9.17, 15) is 9.59 Å². The number of hydrogen-bond acceptors (Lipinski definition) is 2. The van der Waals surface area contributed by atoms with Crippen LogP contribution in [0.5, 0.6) is 0 Å². The van der Waals surface area contributed by atoms with Crippen LogP contribution < -0.4 is 10.6 Å². The monoisotopic (exact) mass is 295 g/mol. The Balaban J connectivity index is 1.88. The molecule has 2 fully saturated rings. The van der Waals surface area contributed by atoms with Crippen molar-refractivity contribution in [1.82, 2.24) is 15.5 Å². The zero-order valence-electron chi connectivity index (χ0n) is 13.9. The number of likely N-dealkylation sites (tertiary alicyclic amines) is 1. The first kappa shape index (κ1) is 16.1. The number of rotatable bonds is 4. The van der Waals surface area contributed by atoms with E-state index in [1.807, 2.05) is 11.8 Å². The van der Waals surface area contributed by atoms with Crippen LogP contribution >= 0.6 is 0 Å². The van der Waals surface area contributed by atoms with Crippen molar-refractivity contribution in [2.45, 2.75) is 59.0 Å². The summed E-state index contributed by atoms with van der Waals surface area (Å²) in [5.41, 5.74) is -0.289. The molecular formula is C16H29N3O2. The average Bonchev–Trinajstić information content (AvgIpc) is 2.65. The number of nitrogens with one attached hydrogen (secondary N) is 2. The van der Waals surface area contributed by atoms with Gasteiger partial charge in [0.15, 0.2) is 0 Å². The molecule has 5 heteroatoms. The molecule has 2 rings (SSSR count). The lowest BCUT2D eigenvalue weighted by Gasteiger charge is -2.52.